The summed E-state index contributed by atoms with van der Waals surface area (Å²) >= 11 is 3.83. The molecule has 1 heteroatoms. The van der Waals surface area contributed by atoms with E-state index in [1.807, 2.05) is 0 Å². The van der Waals surface area contributed by atoms with Crippen LogP contribution in [-0.2, 0) is 0 Å². The van der Waals surface area contributed by atoms with E-state index in [-0.39, 0.29) is 4.32 Å². The van der Waals surface area contributed by atoms with E-state index in [2.05, 4.69) is 47.2 Å². The largest absolute Gasteiger partial charge is 0.0828 e. The SMILES string of the molecule is CCCCCCCC1(Br)C=CC=CC1. The topological polar surface area (TPSA) is 0 Å². The van der Waals surface area contributed by atoms with E-state index in [0.29, 0.717) is 0 Å². The van der Waals surface area contributed by atoms with Crippen molar-refractivity contribution in [2.24, 2.45) is 0 Å². The Labute approximate surface area is 96.6 Å². The minimum absolute atomic E-state index is 0.272. The first-order chi connectivity index (χ1) is 6.77. The first-order valence-corrected chi connectivity index (χ1v) is 6.59. The molecule has 0 N–H and O–H groups in total. The van der Waals surface area contributed by atoms with Crippen molar-refractivity contribution in [2.75, 3.05) is 0 Å². The average Bonchev–Trinajstić information content (AvgIpc) is 2.18. The van der Waals surface area contributed by atoms with E-state index in [9.17, 15) is 0 Å². The molecule has 80 valence electrons. The number of hydrogen-bond donors (Lipinski definition) is 0. The summed E-state index contributed by atoms with van der Waals surface area (Å²) in [5.74, 6) is 0. The Morgan fingerprint density at radius 1 is 1.14 bits per heavy atom. The lowest BCUT2D eigenvalue weighted by Gasteiger charge is -2.24. The lowest BCUT2D eigenvalue weighted by atomic mass is 9.94. The molecule has 0 aromatic heterocycles. The van der Waals surface area contributed by atoms with Gasteiger partial charge in [-0.25, -0.2) is 0 Å². The quantitative estimate of drug-likeness (QED) is 0.464. The summed E-state index contributed by atoms with van der Waals surface area (Å²) in [6.45, 7) is 2.26. The molecule has 0 aromatic rings. The maximum atomic E-state index is 3.83. The van der Waals surface area contributed by atoms with Crippen LogP contribution in [0.2, 0.25) is 0 Å². The maximum absolute atomic E-state index is 3.83. The monoisotopic (exact) mass is 256 g/mol. The van der Waals surface area contributed by atoms with Crippen molar-refractivity contribution >= 4 is 15.9 Å². The fraction of sp³-hybridized carbons (Fsp3) is 0.692. The van der Waals surface area contributed by atoms with Crippen LogP contribution < -0.4 is 0 Å². The highest BCUT2D eigenvalue weighted by atomic mass is 79.9. The Balaban J connectivity index is 2.11. The minimum atomic E-state index is 0.272. The molecule has 0 saturated carbocycles. The van der Waals surface area contributed by atoms with Gasteiger partial charge in [0, 0.05) is 4.32 Å². The van der Waals surface area contributed by atoms with Gasteiger partial charge < -0.3 is 0 Å². The van der Waals surface area contributed by atoms with Crippen LogP contribution in [0.3, 0.4) is 0 Å². The van der Waals surface area contributed by atoms with E-state index < -0.39 is 0 Å². The van der Waals surface area contributed by atoms with E-state index in [0.717, 1.165) is 6.42 Å². The summed E-state index contributed by atoms with van der Waals surface area (Å²) in [5.41, 5.74) is 0. The lowest BCUT2D eigenvalue weighted by Crippen LogP contribution is -2.17. The van der Waals surface area contributed by atoms with E-state index >= 15 is 0 Å². The first kappa shape index (κ1) is 12.0. The zero-order valence-corrected chi connectivity index (χ0v) is 10.7. The summed E-state index contributed by atoms with van der Waals surface area (Å²) in [6, 6.07) is 0. The molecule has 0 amide bonds. The highest BCUT2D eigenvalue weighted by Gasteiger charge is 2.21. The van der Waals surface area contributed by atoms with Crippen molar-refractivity contribution in [3.05, 3.63) is 24.3 Å². The van der Waals surface area contributed by atoms with Crippen molar-refractivity contribution in [1.29, 1.82) is 0 Å². The highest BCUT2D eigenvalue weighted by Crippen LogP contribution is 2.33. The van der Waals surface area contributed by atoms with Gasteiger partial charge in [0.2, 0.25) is 0 Å². The molecule has 0 bridgehead atoms. The Hall–Kier alpha value is -0.0400. The smallest absolute Gasteiger partial charge is 0.0474 e. The molecule has 1 aliphatic rings. The molecule has 0 aromatic carbocycles. The van der Waals surface area contributed by atoms with Crippen LogP contribution in [0.5, 0.6) is 0 Å². The molecule has 0 spiro atoms. The second-order valence-electron chi connectivity index (χ2n) is 4.19. The van der Waals surface area contributed by atoms with E-state index in [1.54, 1.807) is 0 Å². The van der Waals surface area contributed by atoms with Crippen molar-refractivity contribution in [3.8, 4) is 0 Å². The molecular weight excluding hydrogens is 236 g/mol. The zero-order valence-electron chi connectivity index (χ0n) is 9.14. The van der Waals surface area contributed by atoms with Crippen LogP contribution in [0, 0.1) is 0 Å². The number of unbranched alkanes of at least 4 members (excludes halogenated alkanes) is 4. The van der Waals surface area contributed by atoms with Crippen molar-refractivity contribution in [2.45, 2.75) is 56.2 Å². The molecule has 1 unspecified atom stereocenters. The van der Waals surface area contributed by atoms with Gasteiger partial charge in [0.15, 0.2) is 0 Å². The Morgan fingerprint density at radius 3 is 2.57 bits per heavy atom. The normalized spacial score (nSPS) is 25.6. The second kappa shape index (κ2) is 6.44. The minimum Gasteiger partial charge on any atom is -0.0828 e. The van der Waals surface area contributed by atoms with Crippen LogP contribution in [-0.4, -0.2) is 4.32 Å². The van der Waals surface area contributed by atoms with Gasteiger partial charge in [0.05, 0.1) is 0 Å². The summed E-state index contributed by atoms with van der Waals surface area (Å²) in [6.07, 6.45) is 18.1. The molecule has 1 aliphatic carbocycles. The highest BCUT2D eigenvalue weighted by molar-refractivity contribution is 9.10. The fourth-order valence-electron chi connectivity index (χ4n) is 1.85. The van der Waals surface area contributed by atoms with Crippen LogP contribution in [0.4, 0.5) is 0 Å². The molecule has 0 saturated heterocycles. The Kier molecular flexibility index (Phi) is 5.54. The van der Waals surface area contributed by atoms with Crippen molar-refractivity contribution < 1.29 is 0 Å². The Morgan fingerprint density at radius 2 is 1.93 bits per heavy atom. The van der Waals surface area contributed by atoms with Crippen molar-refractivity contribution in [3.63, 3.8) is 0 Å². The molecule has 1 rings (SSSR count). The van der Waals surface area contributed by atoms with Gasteiger partial charge in [0.25, 0.3) is 0 Å². The summed E-state index contributed by atoms with van der Waals surface area (Å²) in [4.78, 5) is 0. The van der Waals surface area contributed by atoms with E-state index in [4.69, 9.17) is 0 Å². The van der Waals surface area contributed by atoms with Crippen LogP contribution >= 0.6 is 15.9 Å². The standard InChI is InChI=1S/C13H21Br/c1-2-3-4-5-7-10-13(14)11-8-6-9-12-13/h6,8-9,11H,2-5,7,10,12H2,1H3. The fourth-order valence-corrected chi connectivity index (χ4v) is 2.47. The maximum Gasteiger partial charge on any atom is 0.0474 e. The second-order valence-corrected chi connectivity index (χ2v) is 5.77. The Bertz CT molecular complexity index is 205. The third-order valence-electron chi connectivity index (χ3n) is 2.80. The molecule has 0 heterocycles. The summed E-state index contributed by atoms with van der Waals surface area (Å²) in [7, 11) is 0. The molecule has 14 heavy (non-hydrogen) atoms. The summed E-state index contributed by atoms with van der Waals surface area (Å²) < 4.78 is 0.272. The number of halogens is 1. The predicted octanol–water partition coefficient (Wildman–Crippen LogP) is 5.00. The van der Waals surface area contributed by atoms with Crippen LogP contribution in [0.15, 0.2) is 24.3 Å². The van der Waals surface area contributed by atoms with E-state index in [1.165, 1.54) is 38.5 Å². The van der Waals surface area contributed by atoms with Gasteiger partial charge in [-0.05, 0) is 12.8 Å². The molecule has 0 nitrogen and oxygen atoms in total. The van der Waals surface area contributed by atoms with Crippen LogP contribution in [0.1, 0.15) is 51.9 Å². The van der Waals surface area contributed by atoms with Gasteiger partial charge in [-0.2, -0.15) is 0 Å². The van der Waals surface area contributed by atoms with Crippen LogP contribution in [0.25, 0.3) is 0 Å². The zero-order chi connectivity index (χ0) is 10.3. The number of allylic oxidation sites excluding steroid dienone is 4. The molecular formula is C13H21Br. The lowest BCUT2D eigenvalue weighted by molar-refractivity contribution is 0.559. The van der Waals surface area contributed by atoms with Gasteiger partial charge in [-0.3, -0.25) is 0 Å². The number of hydrogen-bond acceptors (Lipinski definition) is 0. The van der Waals surface area contributed by atoms with Crippen molar-refractivity contribution in [1.82, 2.24) is 0 Å². The summed E-state index contributed by atoms with van der Waals surface area (Å²) in [5, 5.41) is 0. The number of rotatable bonds is 6. The van der Waals surface area contributed by atoms with Gasteiger partial charge in [-0.15, -0.1) is 0 Å². The van der Waals surface area contributed by atoms with Gasteiger partial charge in [0.1, 0.15) is 0 Å². The molecule has 0 fully saturated rings. The molecule has 0 aliphatic heterocycles. The molecule has 1 atom stereocenters. The third-order valence-corrected chi connectivity index (χ3v) is 3.78. The number of alkyl halides is 1. The predicted molar refractivity (Wildman–Crippen MR) is 67.9 cm³/mol. The molecule has 0 radical (unpaired) electrons. The third kappa shape index (κ3) is 4.45. The van der Waals surface area contributed by atoms with Gasteiger partial charge >= 0.3 is 0 Å². The average molecular weight is 257 g/mol. The first-order valence-electron chi connectivity index (χ1n) is 5.80. The van der Waals surface area contributed by atoms with Gasteiger partial charge in [-0.1, -0.05) is 79.3 Å².